The van der Waals surface area contributed by atoms with Crippen LogP contribution >= 0.6 is 0 Å². The van der Waals surface area contributed by atoms with E-state index in [1.807, 2.05) is 101 Å². The van der Waals surface area contributed by atoms with Crippen molar-refractivity contribution in [1.29, 1.82) is 5.26 Å². The molecule has 0 spiro atoms. The van der Waals surface area contributed by atoms with Crippen LogP contribution in [0, 0.1) is 25.2 Å². The number of aromatic nitrogens is 2. The molecule has 34 heavy (non-hydrogen) atoms. The number of carbonyl (C=O) groups excluding carboxylic acids is 1. The Labute approximate surface area is 199 Å². The highest BCUT2D eigenvalue weighted by Crippen LogP contribution is 2.39. The summed E-state index contributed by atoms with van der Waals surface area (Å²) in [6.45, 7) is 9.53. The van der Waals surface area contributed by atoms with Gasteiger partial charge in [0, 0.05) is 29.2 Å². The Hall–Kier alpha value is -4.11. The number of hydrogen-bond acceptors (Lipinski definition) is 4. The van der Waals surface area contributed by atoms with Gasteiger partial charge in [0.15, 0.2) is 0 Å². The van der Waals surface area contributed by atoms with Crippen molar-refractivity contribution in [2.45, 2.75) is 40.2 Å². The van der Waals surface area contributed by atoms with E-state index in [-0.39, 0.29) is 0 Å². The minimum absolute atomic E-state index is 0.485. The van der Waals surface area contributed by atoms with Crippen LogP contribution in [0.5, 0.6) is 0 Å². The summed E-state index contributed by atoms with van der Waals surface area (Å²) in [6.07, 6.45) is 1.32. The zero-order valence-corrected chi connectivity index (χ0v) is 20.4. The second-order valence-electron chi connectivity index (χ2n) is 9.48. The first-order valence-electron chi connectivity index (χ1n) is 11.1. The summed E-state index contributed by atoms with van der Waals surface area (Å²) in [5, 5.41) is 14.3. The van der Waals surface area contributed by atoms with Crippen molar-refractivity contribution < 1.29 is 9.53 Å². The van der Waals surface area contributed by atoms with Crippen LogP contribution in [-0.4, -0.2) is 21.2 Å². The molecule has 4 aromatic rings. The molecule has 0 unspecified atom stereocenters. The average molecular weight is 453 g/mol. The van der Waals surface area contributed by atoms with Gasteiger partial charge in [-0.2, -0.15) is 5.26 Å². The molecule has 0 saturated carbocycles. The van der Waals surface area contributed by atoms with Crippen LogP contribution < -0.4 is 5.32 Å². The lowest BCUT2D eigenvalue weighted by Crippen LogP contribution is -2.27. The van der Waals surface area contributed by atoms with Crippen LogP contribution in [0.25, 0.3) is 33.3 Å². The molecule has 6 nitrogen and oxygen atoms in total. The van der Waals surface area contributed by atoms with Crippen LogP contribution in [0.2, 0.25) is 0 Å². The Bertz CT molecular complexity index is 1430. The smallest absolute Gasteiger partial charge is 0.412 e. The Morgan fingerprint density at radius 2 is 1.71 bits per heavy atom. The number of nitriles is 1. The summed E-state index contributed by atoms with van der Waals surface area (Å²) in [6, 6.07) is 17.9. The van der Waals surface area contributed by atoms with E-state index in [1.165, 1.54) is 0 Å². The molecule has 1 amide bonds. The molecule has 0 radical (unpaired) electrons. The predicted molar refractivity (Wildman–Crippen MR) is 136 cm³/mol. The molecule has 0 aliphatic rings. The van der Waals surface area contributed by atoms with Gasteiger partial charge in [0.1, 0.15) is 5.60 Å². The van der Waals surface area contributed by atoms with Crippen LogP contribution in [0.15, 0.2) is 54.9 Å². The number of anilines is 1. The zero-order valence-electron chi connectivity index (χ0n) is 20.4. The summed E-state index contributed by atoms with van der Waals surface area (Å²) in [5.74, 6) is 0. The van der Waals surface area contributed by atoms with Crippen molar-refractivity contribution in [3.63, 3.8) is 0 Å². The van der Waals surface area contributed by atoms with Crippen molar-refractivity contribution in [3.05, 3.63) is 71.5 Å². The van der Waals surface area contributed by atoms with E-state index in [4.69, 9.17) is 9.72 Å². The van der Waals surface area contributed by atoms with E-state index in [9.17, 15) is 10.1 Å². The number of carbonyl (C=O) groups is 1. The van der Waals surface area contributed by atoms with Gasteiger partial charge in [0.05, 0.1) is 29.3 Å². The summed E-state index contributed by atoms with van der Waals surface area (Å²) in [5.41, 5.74) is 6.59. The number of rotatable bonds is 3. The number of hydrogen-bond donors (Lipinski definition) is 1. The SMILES string of the molecule is Cc1cc(NC(=O)OC(C)(C)C)cc(C)c1-c1ncn(C)c1-c1ccc(C#N)c2ccccc12. The van der Waals surface area contributed by atoms with Gasteiger partial charge in [-0.25, -0.2) is 9.78 Å². The molecule has 0 aliphatic heterocycles. The van der Waals surface area contributed by atoms with E-state index in [0.29, 0.717) is 11.3 Å². The van der Waals surface area contributed by atoms with Crippen LogP contribution in [-0.2, 0) is 11.8 Å². The van der Waals surface area contributed by atoms with Crippen LogP contribution in [0.1, 0.15) is 37.5 Å². The van der Waals surface area contributed by atoms with Gasteiger partial charge in [-0.05, 0) is 69.3 Å². The molecular formula is C28H28N4O2. The maximum atomic E-state index is 12.3. The van der Waals surface area contributed by atoms with E-state index >= 15 is 0 Å². The number of imidazole rings is 1. The summed E-state index contributed by atoms with van der Waals surface area (Å²) in [4.78, 5) is 17.0. The third-order valence-electron chi connectivity index (χ3n) is 5.65. The third-order valence-corrected chi connectivity index (χ3v) is 5.65. The molecule has 1 aromatic heterocycles. The van der Waals surface area contributed by atoms with Gasteiger partial charge in [-0.15, -0.1) is 0 Å². The standard InChI is InChI=1S/C28H28N4O2/c1-17-13-20(31-27(33)34-28(3,4)5)14-18(2)24(17)25-26(32(6)16-30-25)23-12-11-19(15-29)21-9-7-8-10-22(21)23/h7-14,16H,1-6H3,(H,31,33). The van der Waals surface area contributed by atoms with Crippen molar-refractivity contribution >= 4 is 22.6 Å². The molecule has 3 aromatic carbocycles. The Morgan fingerprint density at radius 1 is 1.06 bits per heavy atom. The van der Waals surface area contributed by atoms with Gasteiger partial charge < -0.3 is 9.30 Å². The summed E-state index contributed by atoms with van der Waals surface area (Å²) in [7, 11) is 1.97. The summed E-state index contributed by atoms with van der Waals surface area (Å²) >= 11 is 0. The van der Waals surface area contributed by atoms with E-state index in [2.05, 4.69) is 11.4 Å². The van der Waals surface area contributed by atoms with Crippen molar-refractivity contribution in [2.75, 3.05) is 5.32 Å². The molecule has 172 valence electrons. The molecule has 0 aliphatic carbocycles. The van der Waals surface area contributed by atoms with Crippen LogP contribution in [0.3, 0.4) is 0 Å². The van der Waals surface area contributed by atoms with Gasteiger partial charge in [0.2, 0.25) is 0 Å². The topological polar surface area (TPSA) is 79.9 Å². The predicted octanol–water partition coefficient (Wildman–Crippen LogP) is 6.74. The third kappa shape index (κ3) is 4.38. The van der Waals surface area contributed by atoms with Crippen LogP contribution in [0.4, 0.5) is 10.5 Å². The normalized spacial score (nSPS) is 11.3. The number of fused-ring (bicyclic) bond motifs is 1. The number of aryl methyl sites for hydroxylation is 3. The van der Waals surface area contributed by atoms with E-state index in [1.54, 1.807) is 0 Å². The number of nitrogens with one attached hydrogen (secondary N) is 1. The first-order chi connectivity index (χ1) is 16.1. The fraction of sp³-hybridized carbons (Fsp3) is 0.250. The molecule has 1 heterocycles. The van der Waals surface area contributed by atoms with Crippen molar-refractivity contribution in [1.82, 2.24) is 9.55 Å². The second-order valence-corrected chi connectivity index (χ2v) is 9.48. The molecule has 0 saturated heterocycles. The average Bonchev–Trinajstić information content (AvgIpc) is 3.11. The minimum atomic E-state index is -0.569. The largest absolute Gasteiger partial charge is 0.444 e. The molecule has 4 rings (SSSR count). The number of nitrogens with zero attached hydrogens (tertiary/aromatic N) is 3. The zero-order chi connectivity index (χ0) is 24.6. The molecule has 0 fully saturated rings. The monoisotopic (exact) mass is 452 g/mol. The number of ether oxygens (including phenoxy) is 1. The molecular weight excluding hydrogens is 424 g/mol. The molecule has 6 heteroatoms. The van der Waals surface area contributed by atoms with Gasteiger partial charge in [-0.1, -0.05) is 30.3 Å². The highest BCUT2D eigenvalue weighted by molar-refractivity contribution is 6.02. The maximum Gasteiger partial charge on any atom is 0.412 e. The van der Waals surface area contributed by atoms with E-state index in [0.717, 1.165) is 44.4 Å². The first kappa shape index (κ1) is 23.1. The van der Waals surface area contributed by atoms with Crippen molar-refractivity contribution in [2.24, 2.45) is 7.05 Å². The maximum absolute atomic E-state index is 12.3. The highest BCUT2D eigenvalue weighted by atomic mass is 16.6. The lowest BCUT2D eigenvalue weighted by atomic mass is 9.93. The molecule has 0 bridgehead atoms. The van der Waals surface area contributed by atoms with Crippen molar-refractivity contribution in [3.8, 4) is 28.6 Å². The highest BCUT2D eigenvalue weighted by Gasteiger charge is 2.21. The Morgan fingerprint density at radius 3 is 2.32 bits per heavy atom. The lowest BCUT2D eigenvalue weighted by molar-refractivity contribution is 0.0636. The fourth-order valence-corrected chi connectivity index (χ4v) is 4.36. The second kappa shape index (κ2) is 8.68. The Kier molecular flexibility index (Phi) is 5.89. The first-order valence-corrected chi connectivity index (χ1v) is 11.1. The van der Waals surface area contributed by atoms with Gasteiger partial charge in [-0.3, -0.25) is 5.32 Å². The molecule has 1 N–H and O–H groups in total. The van der Waals surface area contributed by atoms with E-state index < -0.39 is 11.7 Å². The quantitative estimate of drug-likeness (QED) is 0.373. The molecule has 0 atom stereocenters. The lowest BCUT2D eigenvalue weighted by Gasteiger charge is -2.20. The number of benzene rings is 3. The fourth-order valence-electron chi connectivity index (χ4n) is 4.36. The van der Waals surface area contributed by atoms with Gasteiger partial charge >= 0.3 is 6.09 Å². The minimum Gasteiger partial charge on any atom is -0.444 e. The number of amides is 1. The summed E-state index contributed by atoms with van der Waals surface area (Å²) < 4.78 is 7.40. The van der Waals surface area contributed by atoms with Gasteiger partial charge in [0.25, 0.3) is 0 Å². The Balaban J connectivity index is 1.82.